The summed E-state index contributed by atoms with van der Waals surface area (Å²) in [6, 6.07) is 0. The third-order valence-electron chi connectivity index (χ3n) is 0. The molecule has 0 bridgehead atoms. The van der Waals surface area contributed by atoms with Gasteiger partial charge in [0.1, 0.15) is 0 Å². The average Bonchev–Trinajstić information content (AvgIpc) is 0. The first kappa shape index (κ1) is 40.8. The minimum absolute atomic E-state index is 0. The molecule has 0 amide bonds. The predicted molar refractivity (Wildman–Crippen MR) is 36.1 cm³/mol. The molecule has 0 rings (SSSR count). The SMILES string of the molecule is I.O.[AlH3].[LiH]. The van der Waals surface area contributed by atoms with Gasteiger partial charge in [-0.2, -0.15) is 0 Å². The Morgan fingerprint density at radius 1 is 1.00 bits per heavy atom. The Labute approximate surface area is 65.2 Å². The minimum atomic E-state index is 0. The molecular weight excluding hydrogens is 177 g/mol. The third-order valence-corrected chi connectivity index (χ3v) is 0. The molecule has 0 atom stereocenters. The van der Waals surface area contributed by atoms with E-state index in [0.29, 0.717) is 0 Å². The standard InChI is InChI=1S/Al.HI.Li.H2O.4H/h;1H;;1H2;;;;. The van der Waals surface area contributed by atoms with Crippen molar-refractivity contribution in [2.45, 2.75) is 0 Å². The van der Waals surface area contributed by atoms with E-state index >= 15 is 0 Å². The molecule has 0 aliphatic heterocycles. The van der Waals surface area contributed by atoms with Crippen LogP contribution in [0.15, 0.2) is 0 Å². The second-order valence-corrected chi connectivity index (χ2v) is 0. The Balaban J connectivity index is 0. The summed E-state index contributed by atoms with van der Waals surface area (Å²) in [5, 5.41) is 0. The van der Waals surface area contributed by atoms with Gasteiger partial charge in [0.25, 0.3) is 0 Å². The molecule has 4 heteroatoms. The van der Waals surface area contributed by atoms with Crippen LogP contribution < -0.4 is 0 Å². The second-order valence-electron chi connectivity index (χ2n) is 0. The van der Waals surface area contributed by atoms with Crippen LogP contribution in [-0.4, -0.2) is 41.7 Å². The van der Waals surface area contributed by atoms with E-state index in [1.807, 2.05) is 0 Å². The van der Waals surface area contributed by atoms with Gasteiger partial charge in [0.05, 0.1) is 0 Å². The van der Waals surface area contributed by atoms with E-state index in [0.717, 1.165) is 0 Å². The van der Waals surface area contributed by atoms with Crippen molar-refractivity contribution in [3.8, 4) is 0 Å². The average molecular weight is 184 g/mol. The van der Waals surface area contributed by atoms with Gasteiger partial charge < -0.3 is 5.48 Å². The van der Waals surface area contributed by atoms with Crippen LogP contribution in [0.5, 0.6) is 0 Å². The number of hydrogen-bond acceptors (Lipinski definition) is 0. The van der Waals surface area contributed by atoms with Crippen LogP contribution in [0.1, 0.15) is 0 Å². The van der Waals surface area contributed by atoms with Gasteiger partial charge in [0, 0.05) is 0 Å². The normalized spacial score (nSPS) is 0. The van der Waals surface area contributed by atoms with Gasteiger partial charge in [-0.15, -0.1) is 24.0 Å². The Bertz CT molecular complexity index is 8.00. The first-order valence-corrected chi connectivity index (χ1v) is 0. The van der Waals surface area contributed by atoms with Gasteiger partial charge in [-0.05, 0) is 0 Å². The summed E-state index contributed by atoms with van der Waals surface area (Å²) in [5.41, 5.74) is 0. The zero-order chi connectivity index (χ0) is 0. The van der Waals surface area contributed by atoms with E-state index in [2.05, 4.69) is 0 Å². The third kappa shape index (κ3) is 9.17. The molecular formula is H7AlILiO. The summed E-state index contributed by atoms with van der Waals surface area (Å²) in [4.78, 5) is 0. The summed E-state index contributed by atoms with van der Waals surface area (Å²) in [6.07, 6.45) is 0. The molecule has 0 spiro atoms. The molecule has 2 N–H and O–H groups in total. The van der Waals surface area contributed by atoms with Crippen molar-refractivity contribution in [2.75, 3.05) is 0 Å². The summed E-state index contributed by atoms with van der Waals surface area (Å²) in [7, 11) is 0. The topological polar surface area (TPSA) is 31.5 Å². The summed E-state index contributed by atoms with van der Waals surface area (Å²) in [5.74, 6) is 0. The number of halogens is 1. The zero-order valence-electron chi connectivity index (χ0n) is 0.908. The van der Waals surface area contributed by atoms with Crippen LogP contribution in [-0.2, 0) is 0 Å². The number of hydrogen-bond donors (Lipinski definition) is 0. The van der Waals surface area contributed by atoms with Crippen molar-refractivity contribution < 1.29 is 5.48 Å². The molecule has 0 radical (unpaired) electrons. The van der Waals surface area contributed by atoms with Crippen molar-refractivity contribution in [1.82, 2.24) is 0 Å². The van der Waals surface area contributed by atoms with Gasteiger partial charge in [0.2, 0.25) is 0 Å². The van der Waals surface area contributed by atoms with Gasteiger partial charge in [0.15, 0.2) is 17.4 Å². The van der Waals surface area contributed by atoms with Crippen LogP contribution >= 0.6 is 24.0 Å². The molecule has 0 saturated carbocycles. The van der Waals surface area contributed by atoms with Crippen molar-refractivity contribution in [3.63, 3.8) is 0 Å². The molecule has 0 aromatic rings. The van der Waals surface area contributed by atoms with Crippen molar-refractivity contribution in [1.29, 1.82) is 0 Å². The number of rotatable bonds is 0. The molecule has 0 fully saturated rings. The fourth-order valence-electron chi connectivity index (χ4n) is 0. The van der Waals surface area contributed by atoms with Crippen LogP contribution in [0.4, 0.5) is 0 Å². The zero-order valence-corrected chi connectivity index (χ0v) is 3.24. The molecule has 0 aromatic carbocycles. The van der Waals surface area contributed by atoms with E-state index < -0.39 is 0 Å². The van der Waals surface area contributed by atoms with E-state index in [4.69, 9.17) is 0 Å². The van der Waals surface area contributed by atoms with Gasteiger partial charge in [-0.1, -0.05) is 0 Å². The van der Waals surface area contributed by atoms with E-state index in [1.54, 1.807) is 0 Å². The maximum atomic E-state index is 0. The molecule has 0 heterocycles. The van der Waals surface area contributed by atoms with Gasteiger partial charge in [-0.3, -0.25) is 0 Å². The van der Waals surface area contributed by atoms with Crippen molar-refractivity contribution >= 4 is 60.2 Å². The molecule has 1 nitrogen and oxygen atoms in total. The fraction of sp³-hybridized carbons (Fsp3) is 0. The summed E-state index contributed by atoms with van der Waals surface area (Å²) in [6.45, 7) is 0. The quantitative estimate of drug-likeness (QED) is 0.307. The fourth-order valence-corrected chi connectivity index (χ4v) is 0. The van der Waals surface area contributed by atoms with Crippen molar-refractivity contribution in [3.05, 3.63) is 0 Å². The summed E-state index contributed by atoms with van der Waals surface area (Å²) >= 11 is 0. The van der Waals surface area contributed by atoms with Crippen LogP contribution in [0, 0.1) is 0 Å². The molecule has 0 aliphatic rings. The Hall–Kier alpha value is 1.82. The van der Waals surface area contributed by atoms with Crippen molar-refractivity contribution in [2.24, 2.45) is 0 Å². The van der Waals surface area contributed by atoms with E-state index in [9.17, 15) is 0 Å². The molecule has 0 saturated heterocycles. The molecule has 24 valence electrons. The maximum absolute atomic E-state index is 0. The first-order valence-electron chi connectivity index (χ1n) is 0. The molecule has 0 aromatic heterocycles. The molecule has 4 heavy (non-hydrogen) atoms. The molecule has 0 unspecified atom stereocenters. The second kappa shape index (κ2) is 21.2. The summed E-state index contributed by atoms with van der Waals surface area (Å²) < 4.78 is 0. The van der Waals surface area contributed by atoms with Gasteiger partial charge >= 0.3 is 18.9 Å². The predicted octanol–water partition coefficient (Wildman–Crippen LogP) is -2.04. The van der Waals surface area contributed by atoms with Crippen LogP contribution in [0.2, 0.25) is 0 Å². The van der Waals surface area contributed by atoms with E-state index in [-0.39, 0.29) is 65.7 Å². The Morgan fingerprint density at radius 2 is 1.00 bits per heavy atom. The van der Waals surface area contributed by atoms with Gasteiger partial charge in [-0.25, -0.2) is 0 Å². The van der Waals surface area contributed by atoms with Crippen LogP contribution in [0.3, 0.4) is 0 Å². The van der Waals surface area contributed by atoms with Crippen LogP contribution in [0.25, 0.3) is 0 Å². The molecule has 0 aliphatic carbocycles. The first-order chi connectivity index (χ1) is 0. The monoisotopic (exact) mass is 184 g/mol. The Morgan fingerprint density at radius 3 is 1.00 bits per heavy atom. The van der Waals surface area contributed by atoms with E-state index in [1.165, 1.54) is 0 Å². The Kier molecular flexibility index (Phi) is 217.